The molecule has 1 atom stereocenters. The zero-order valence-electron chi connectivity index (χ0n) is 16.8. The van der Waals surface area contributed by atoms with Gasteiger partial charge in [-0.2, -0.15) is 0 Å². The molecule has 1 N–H and O–H groups in total. The van der Waals surface area contributed by atoms with Crippen LogP contribution in [0.5, 0.6) is 5.75 Å². The van der Waals surface area contributed by atoms with Gasteiger partial charge >= 0.3 is 0 Å². The molecule has 0 spiro atoms. The first-order valence-electron chi connectivity index (χ1n) is 9.58. The van der Waals surface area contributed by atoms with Crippen molar-refractivity contribution in [1.29, 1.82) is 0 Å². The van der Waals surface area contributed by atoms with E-state index in [-0.39, 0.29) is 17.3 Å². The minimum absolute atomic E-state index is 0.0246. The molecule has 146 valence electrons. The summed E-state index contributed by atoms with van der Waals surface area (Å²) in [5.74, 6) is 3.56. The number of Topliss-reactive ketones (excluding diaryl/α,β-unsaturated/α-hetero) is 1. The molecule has 0 aliphatic carbocycles. The van der Waals surface area contributed by atoms with Crippen LogP contribution in [0.15, 0.2) is 17.4 Å². The smallest absolute Gasteiger partial charge is 0.171 e. The fourth-order valence-electron chi connectivity index (χ4n) is 2.99. The second-order valence-corrected chi connectivity index (χ2v) is 7.83. The van der Waals surface area contributed by atoms with Crippen LogP contribution < -0.4 is 10.1 Å². The zero-order valence-corrected chi connectivity index (χ0v) is 17.7. The number of terminal acetylenes is 1. The third-order valence-electron chi connectivity index (χ3n) is 3.98. The highest BCUT2D eigenvalue weighted by atomic mass is 32.2. The van der Waals surface area contributed by atoms with E-state index in [1.54, 1.807) is 11.8 Å². The van der Waals surface area contributed by atoms with Crippen LogP contribution in [0.4, 0.5) is 0 Å². The van der Waals surface area contributed by atoms with Crippen molar-refractivity contribution in [3.05, 3.63) is 39.6 Å². The summed E-state index contributed by atoms with van der Waals surface area (Å²) in [7, 11) is 0. The average molecular weight is 388 g/mol. The number of carbonyl (C=O) groups excluding carboxylic acids is 1. The van der Waals surface area contributed by atoms with Gasteiger partial charge in [-0.05, 0) is 19.9 Å². The largest absolute Gasteiger partial charge is 0.493 e. The molecule has 0 amide bonds. The van der Waals surface area contributed by atoms with Gasteiger partial charge in [-0.15, -0.1) is 6.42 Å². The highest BCUT2D eigenvalue weighted by Crippen LogP contribution is 2.45. The number of hydrogen-bond acceptors (Lipinski definition) is 5. The minimum atomic E-state index is -0.0246. The van der Waals surface area contributed by atoms with Gasteiger partial charge < -0.3 is 14.8 Å². The van der Waals surface area contributed by atoms with Crippen LogP contribution in [0, 0.1) is 12.3 Å². The van der Waals surface area contributed by atoms with Crippen LogP contribution in [0.25, 0.3) is 0 Å². The first kappa shape index (κ1) is 21.2. The van der Waals surface area contributed by atoms with Crippen molar-refractivity contribution in [2.24, 2.45) is 0 Å². The Balaban J connectivity index is 0.000000817. The fourth-order valence-corrected chi connectivity index (χ4v) is 4.04. The van der Waals surface area contributed by atoms with Crippen molar-refractivity contribution >= 4 is 17.5 Å². The van der Waals surface area contributed by atoms with Gasteiger partial charge in [0.25, 0.3) is 0 Å². The van der Waals surface area contributed by atoms with Crippen molar-refractivity contribution in [2.45, 2.75) is 65.4 Å². The second-order valence-electron chi connectivity index (χ2n) is 6.72. The van der Waals surface area contributed by atoms with Gasteiger partial charge in [-0.1, -0.05) is 44.9 Å². The number of hydrogen-bond donors (Lipinski definition) is 1. The van der Waals surface area contributed by atoms with E-state index in [0.29, 0.717) is 24.2 Å². The molecular formula is C22H29NO3S. The van der Waals surface area contributed by atoms with Crippen LogP contribution in [0.2, 0.25) is 0 Å². The Kier molecular flexibility index (Phi) is 7.67. The predicted molar refractivity (Wildman–Crippen MR) is 112 cm³/mol. The number of fused-ring (bicyclic) bond motifs is 1. The first-order chi connectivity index (χ1) is 13.0. The third kappa shape index (κ3) is 4.81. The van der Waals surface area contributed by atoms with Crippen molar-refractivity contribution in [3.63, 3.8) is 0 Å². The van der Waals surface area contributed by atoms with Crippen LogP contribution in [0.1, 0.15) is 79.9 Å². The van der Waals surface area contributed by atoms with Crippen molar-refractivity contribution in [3.8, 4) is 18.1 Å². The molecule has 0 aromatic heterocycles. The van der Waals surface area contributed by atoms with Gasteiger partial charge in [0.05, 0.1) is 12.7 Å². The monoisotopic (exact) mass is 387 g/mol. The van der Waals surface area contributed by atoms with E-state index in [1.165, 1.54) is 6.42 Å². The number of thioether (sulfide) groups is 1. The van der Waals surface area contributed by atoms with Crippen LogP contribution in [0.3, 0.4) is 0 Å². The molecule has 4 nitrogen and oxygen atoms in total. The molecule has 2 aliphatic heterocycles. The highest BCUT2D eigenvalue weighted by molar-refractivity contribution is 8.03. The summed E-state index contributed by atoms with van der Waals surface area (Å²) >= 11 is 1.59. The molecule has 5 heteroatoms. The fraction of sp³-hybridized carbons (Fsp3) is 0.500. The Labute approximate surface area is 167 Å². The van der Waals surface area contributed by atoms with E-state index in [0.717, 1.165) is 28.4 Å². The standard InChI is InChI=1S/C19H21NO3S.C3H8/c1-5-12-9-14(19-20-10-16(24-19)23-11(3)4)18-13(7-8-22-18)17(12)15(21)6-2;1-3-2/h1,9-11,19-20H,6-8H2,2-4H3;3H2,1-2H3. The van der Waals surface area contributed by atoms with Gasteiger partial charge in [-0.3, -0.25) is 4.79 Å². The lowest BCUT2D eigenvalue weighted by Gasteiger charge is -2.18. The van der Waals surface area contributed by atoms with Crippen molar-refractivity contribution in [2.75, 3.05) is 6.61 Å². The summed E-state index contributed by atoms with van der Waals surface area (Å²) in [5.41, 5.74) is 3.24. The number of ketones is 1. The molecule has 0 saturated heterocycles. The lowest BCUT2D eigenvalue weighted by atomic mass is 9.92. The van der Waals surface area contributed by atoms with E-state index in [4.69, 9.17) is 15.9 Å². The number of ether oxygens (including phenoxy) is 2. The van der Waals surface area contributed by atoms with Gasteiger partial charge in [0, 0.05) is 41.3 Å². The molecule has 0 radical (unpaired) electrons. The highest BCUT2D eigenvalue weighted by Gasteiger charge is 2.31. The van der Waals surface area contributed by atoms with Gasteiger partial charge in [0.1, 0.15) is 11.1 Å². The maximum Gasteiger partial charge on any atom is 0.171 e. The Morgan fingerprint density at radius 3 is 2.74 bits per heavy atom. The second kappa shape index (κ2) is 9.75. The number of rotatable bonds is 5. The molecule has 3 rings (SSSR count). The molecular weight excluding hydrogens is 358 g/mol. The Hall–Kier alpha value is -2.06. The zero-order chi connectivity index (χ0) is 20.0. The summed E-state index contributed by atoms with van der Waals surface area (Å²) in [6.07, 6.45) is 10.1. The summed E-state index contributed by atoms with van der Waals surface area (Å²) in [6.45, 7) is 10.7. The lowest BCUT2D eigenvalue weighted by Crippen LogP contribution is -2.12. The molecule has 2 heterocycles. The maximum absolute atomic E-state index is 12.4. The van der Waals surface area contributed by atoms with Gasteiger partial charge in [-0.25, -0.2) is 0 Å². The minimum Gasteiger partial charge on any atom is -0.493 e. The molecule has 27 heavy (non-hydrogen) atoms. The first-order valence-corrected chi connectivity index (χ1v) is 10.5. The van der Waals surface area contributed by atoms with Crippen molar-refractivity contribution < 1.29 is 14.3 Å². The normalized spacial score (nSPS) is 17.1. The Morgan fingerprint density at radius 2 is 2.15 bits per heavy atom. The molecule has 1 unspecified atom stereocenters. The number of nitrogens with one attached hydrogen (secondary N) is 1. The molecule has 0 bridgehead atoms. The molecule has 1 aromatic rings. The maximum atomic E-state index is 12.4. The third-order valence-corrected chi connectivity index (χ3v) is 5.05. The van der Waals surface area contributed by atoms with E-state index in [9.17, 15) is 4.79 Å². The van der Waals surface area contributed by atoms with E-state index < -0.39 is 0 Å². The van der Waals surface area contributed by atoms with Crippen molar-refractivity contribution in [1.82, 2.24) is 5.32 Å². The lowest BCUT2D eigenvalue weighted by molar-refractivity contribution is 0.0987. The number of benzene rings is 1. The van der Waals surface area contributed by atoms with Gasteiger partial charge in [0.15, 0.2) is 10.9 Å². The summed E-state index contributed by atoms with van der Waals surface area (Å²) in [6, 6.07) is 1.91. The van der Waals surface area contributed by atoms with Crippen LogP contribution in [-0.2, 0) is 11.2 Å². The number of carbonyl (C=O) groups is 1. The molecule has 1 aromatic carbocycles. The van der Waals surface area contributed by atoms with Crippen LogP contribution >= 0.6 is 11.8 Å². The Morgan fingerprint density at radius 1 is 1.44 bits per heavy atom. The topological polar surface area (TPSA) is 47.6 Å². The van der Waals surface area contributed by atoms with E-state index in [1.807, 2.05) is 33.0 Å². The summed E-state index contributed by atoms with van der Waals surface area (Å²) in [4.78, 5) is 12.4. The average Bonchev–Trinajstić information content (AvgIpc) is 3.29. The molecule has 0 fully saturated rings. The van der Waals surface area contributed by atoms with E-state index >= 15 is 0 Å². The SMILES string of the molecule is C#Cc1cc(C2NC=C(OC(C)C)S2)c2c(c1C(=O)CC)CCO2.CCC. The molecule has 0 saturated carbocycles. The summed E-state index contributed by atoms with van der Waals surface area (Å²) < 4.78 is 11.6. The molecule has 2 aliphatic rings. The predicted octanol–water partition coefficient (Wildman–Crippen LogP) is 5.17. The van der Waals surface area contributed by atoms with Gasteiger partial charge in [0.2, 0.25) is 0 Å². The van der Waals surface area contributed by atoms with Crippen LogP contribution in [-0.4, -0.2) is 18.5 Å². The quantitative estimate of drug-likeness (QED) is 0.558. The Bertz CT molecular complexity index is 762. The summed E-state index contributed by atoms with van der Waals surface area (Å²) in [5, 5.41) is 4.14. The van der Waals surface area contributed by atoms with E-state index in [2.05, 4.69) is 25.1 Å².